The van der Waals surface area contributed by atoms with Gasteiger partial charge in [0.1, 0.15) is 0 Å². The smallest absolute Gasteiger partial charge is 0.463 e. The van der Waals surface area contributed by atoms with Crippen LogP contribution in [0, 0.1) is 0 Å². The van der Waals surface area contributed by atoms with Crippen molar-refractivity contribution < 1.29 is 36.8 Å². The summed E-state index contributed by atoms with van der Waals surface area (Å²) in [7, 11) is 4.69. The van der Waals surface area contributed by atoms with Crippen molar-refractivity contribution in [2.75, 3.05) is 41.7 Å². The molecule has 0 amide bonds. The number of carbonyl (C=O) groups is 2. The predicted molar refractivity (Wildman–Crippen MR) is 163 cm³/mol. The van der Waals surface area contributed by atoms with E-state index < -0.39 is 20.7 Å². The highest BCUT2D eigenvalue weighted by molar-refractivity contribution is 6.60. The highest BCUT2D eigenvalue weighted by atomic mass is 28.4. The van der Waals surface area contributed by atoms with E-state index in [1.54, 1.807) is 28.4 Å². The van der Waals surface area contributed by atoms with Crippen molar-refractivity contribution in [2.45, 2.75) is 115 Å². The third-order valence-corrected chi connectivity index (χ3v) is 10.3. The molecule has 0 spiro atoms. The molecule has 0 bridgehead atoms. The van der Waals surface area contributed by atoms with E-state index in [-0.39, 0.29) is 0 Å². The van der Waals surface area contributed by atoms with E-state index in [0.29, 0.717) is 23.0 Å². The van der Waals surface area contributed by atoms with Crippen LogP contribution in [0.15, 0.2) is 23.9 Å². The van der Waals surface area contributed by atoms with Gasteiger partial charge in [0.2, 0.25) is 0 Å². The minimum atomic E-state index is -2.42. The molecule has 0 N–H and O–H groups in total. The molecule has 8 nitrogen and oxygen atoms in total. The molecule has 0 aromatic carbocycles. The molecule has 10 heteroatoms. The maximum absolute atomic E-state index is 11.8. The lowest BCUT2D eigenvalue weighted by Gasteiger charge is -2.24. The van der Waals surface area contributed by atoms with Gasteiger partial charge in [-0.2, -0.15) is 0 Å². The molecule has 2 radical (unpaired) electrons. The Morgan fingerprint density at radius 1 is 0.600 bits per heavy atom. The number of allylic oxidation sites excluding steroid dienone is 1. The Hall–Kier alpha value is -1.31. The summed E-state index contributed by atoms with van der Waals surface area (Å²) in [5.74, 6) is -0.989. The van der Waals surface area contributed by atoms with Gasteiger partial charge in [0.15, 0.2) is 0 Å². The van der Waals surface area contributed by atoms with E-state index in [2.05, 4.69) is 6.58 Å². The Labute approximate surface area is 247 Å². The van der Waals surface area contributed by atoms with Crippen molar-refractivity contribution in [3.63, 3.8) is 0 Å². The molecule has 0 rings (SSSR count). The van der Waals surface area contributed by atoms with Gasteiger partial charge in [0.25, 0.3) is 9.76 Å². The summed E-state index contributed by atoms with van der Waals surface area (Å²) in [5.41, 5.74) is 0. The van der Waals surface area contributed by atoms with Gasteiger partial charge < -0.3 is 27.2 Å². The molecule has 0 aromatic rings. The molecule has 232 valence electrons. The lowest BCUT2D eigenvalue weighted by molar-refractivity contribution is -0.140. The number of hydrogen-bond donors (Lipinski definition) is 0. The van der Waals surface area contributed by atoms with E-state index in [0.717, 1.165) is 76.0 Å². The van der Waals surface area contributed by atoms with Crippen LogP contribution in [0.4, 0.5) is 0 Å². The van der Waals surface area contributed by atoms with Crippen molar-refractivity contribution in [1.29, 1.82) is 0 Å². The molecule has 0 aliphatic heterocycles. The highest BCUT2D eigenvalue weighted by Crippen LogP contribution is 2.18. The monoisotopic (exact) mass is 600 g/mol. The fourth-order valence-corrected chi connectivity index (χ4v) is 6.70. The Bertz CT molecular complexity index is 660. The predicted octanol–water partition coefficient (Wildman–Crippen LogP) is 6.92. The number of carbonyl (C=O) groups excluding carboxylic acids is 2. The summed E-state index contributed by atoms with van der Waals surface area (Å²) < 4.78 is 31.8. The van der Waals surface area contributed by atoms with E-state index >= 15 is 0 Å². The lowest BCUT2D eigenvalue weighted by atomic mass is 10.1. The van der Waals surface area contributed by atoms with Crippen LogP contribution in [0.25, 0.3) is 0 Å². The van der Waals surface area contributed by atoms with Gasteiger partial charge in [0.05, 0.1) is 13.2 Å². The van der Waals surface area contributed by atoms with Crippen LogP contribution in [-0.4, -0.2) is 72.2 Å². The maximum Gasteiger partial charge on any atom is 0.500 e. The first kappa shape index (κ1) is 38.7. The van der Waals surface area contributed by atoms with Crippen molar-refractivity contribution in [1.82, 2.24) is 0 Å². The van der Waals surface area contributed by atoms with Crippen molar-refractivity contribution in [2.24, 2.45) is 0 Å². The molecule has 0 aromatic heterocycles. The average Bonchev–Trinajstić information content (AvgIpc) is 2.96. The second-order valence-electron chi connectivity index (χ2n) is 10.0. The van der Waals surface area contributed by atoms with E-state index in [9.17, 15) is 9.59 Å². The molecule has 0 saturated heterocycles. The molecule has 0 fully saturated rings. The van der Waals surface area contributed by atoms with Crippen LogP contribution in [0.5, 0.6) is 0 Å². The van der Waals surface area contributed by atoms with Crippen LogP contribution >= 0.6 is 0 Å². The van der Waals surface area contributed by atoms with Gasteiger partial charge in [-0.3, -0.25) is 0 Å². The van der Waals surface area contributed by atoms with Crippen LogP contribution in [0.2, 0.25) is 6.04 Å². The lowest BCUT2D eigenvalue weighted by Crippen LogP contribution is -2.42. The zero-order chi connectivity index (χ0) is 29.7. The second-order valence-corrected chi connectivity index (χ2v) is 14.4. The summed E-state index contributed by atoms with van der Waals surface area (Å²) >= 11 is 0. The van der Waals surface area contributed by atoms with Gasteiger partial charge in [-0.05, 0) is 32.1 Å². The Morgan fingerprint density at radius 3 is 1.38 bits per heavy atom. The third kappa shape index (κ3) is 23.4. The van der Waals surface area contributed by atoms with Crippen molar-refractivity contribution >= 4 is 30.5 Å². The first-order chi connectivity index (χ1) is 19.4. The molecule has 0 aliphatic carbocycles. The summed E-state index contributed by atoms with van der Waals surface area (Å²) in [6, 6.07) is 0.862. The van der Waals surface area contributed by atoms with E-state index in [1.165, 1.54) is 56.6 Å². The van der Waals surface area contributed by atoms with Gasteiger partial charge in [-0.25, -0.2) is 9.59 Å². The number of ether oxygens (including phenoxy) is 2. The number of esters is 2. The van der Waals surface area contributed by atoms with Gasteiger partial charge in [0, 0.05) is 46.6 Å². The Kier molecular flexibility index (Phi) is 26.9. The standard InChI is InChI=1S/C30H56O8Si2/c1-28(39-33-2)22-18-14-10-9-12-16-20-26-38-30(32)24-23-29(31)37-25-19-15-11-7-6-8-13-17-21-27-40(34-3,35-4)36-5/h23-24H,1,6-22,25-27H2,2-5H3/b24-23+. The molecule has 0 unspecified atom stereocenters. The number of hydrogen-bond acceptors (Lipinski definition) is 8. The minimum Gasteiger partial charge on any atom is -0.463 e. The van der Waals surface area contributed by atoms with E-state index in [1.807, 2.05) is 0 Å². The van der Waals surface area contributed by atoms with Gasteiger partial charge in [-0.1, -0.05) is 82.2 Å². The minimum absolute atomic E-state index is 0.380. The summed E-state index contributed by atoms with van der Waals surface area (Å²) in [6.45, 7) is 4.77. The average molecular weight is 601 g/mol. The summed E-state index contributed by atoms with van der Waals surface area (Å²) in [5, 5.41) is 1.19. The molecule has 0 atom stereocenters. The summed E-state index contributed by atoms with van der Waals surface area (Å²) in [6.07, 6.45) is 21.3. The topological polar surface area (TPSA) is 89.5 Å². The molecule has 0 aliphatic rings. The molecular weight excluding hydrogens is 544 g/mol. The first-order valence-corrected chi connectivity index (χ1v) is 17.9. The first-order valence-electron chi connectivity index (χ1n) is 15.1. The van der Waals surface area contributed by atoms with Crippen LogP contribution in [0.3, 0.4) is 0 Å². The second kappa shape index (κ2) is 27.8. The van der Waals surface area contributed by atoms with Crippen molar-refractivity contribution in [3.05, 3.63) is 23.9 Å². The Balaban J connectivity index is 3.51. The van der Waals surface area contributed by atoms with Gasteiger partial charge in [-0.15, -0.1) is 6.58 Å². The van der Waals surface area contributed by atoms with Gasteiger partial charge >= 0.3 is 20.7 Å². The SMILES string of the molecule is C=C(CCCCCCCCCOC(=O)/C=C/C(=O)OCCCCCCCCCCC[Si](OC)(OC)OC)[Si]OC. The van der Waals surface area contributed by atoms with Crippen LogP contribution in [-0.2, 0) is 36.8 Å². The van der Waals surface area contributed by atoms with Crippen molar-refractivity contribution in [3.8, 4) is 0 Å². The fraction of sp³-hybridized carbons (Fsp3) is 0.800. The molecular formula is C30H56O8Si2. The van der Waals surface area contributed by atoms with Crippen LogP contribution < -0.4 is 0 Å². The quantitative estimate of drug-likeness (QED) is 0.0396. The maximum atomic E-state index is 11.8. The van der Waals surface area contributed by atoms with E-state index in [4.69, 9.17) is 27.2 Å². The molecule has 40 heavy (non-hydrogen) atoms. The normalized spacial score (nSPS) is 11.7. The number of rotatable bonds is 29. The summed E-state index contributed by atoms with van der Waals surface area (Å²) in [4.78, 5) is 23.5. The highest BCUT2D eigenvalue weighted by Gasteiger charge is 2.36. The third-order valence-electron chi connectivity index (χ3n) is 6.77. The zero-order valence-corrected chi connectivity index (χ0v) is 27.8. The largest absolute Gasteiger partial charge is 0.500 e. The molecule has 0 heterocycles. The number of unbranched alkanes of at least 4 members (excludes halogenated alkanes) is 14. The Morgan fingerprint density at radius 2 is 0.975 bits per heavy atom. The molecule has 0 saturated carbocycles. The zero-order valence-electron chi connectivity index (χ0n) is 25.8. The fourth-order valence-electron chi connectivity index (χ4n) is 4.33. The van der Waals surface area contributed by atoms with Crippen LogP contribution in [0.1, 0.15) is 109 Å².